The largest absolute Gasteiger partial charge is 0.375 e. The fourth-order valence-corrected chi connectivity index (χ4v) is 9.37. The van der Waals surface area contributed by atoms with E-state index < -0.39 is 0 Å². The third-order valence-electron chi connectivity index (χ3n) is 11.3. The summed E-state index contributed by atoms with van der Waals surface area (Å²) >= 11 is 0. The monoisotopic (exact) mass is 633 g/mol. The number of para-hydroxylation sites is 5. The van der Waals surface area contributed by atoms with Gasteiger partial charge in [0.25, 0.3) is 0 Å². The van der Waals surface area contributed by atoms with E-state index in [0.29, 0.717) is 0 Å². The number of hydrogen-bond donors (Lipinski definition) is 0. The molecule has 1 aliphatic heterocycles. The smallest absolute Gasteiger partial charge is 0.332 e. The highest BCUT2D eigenvalue weighted by molar-refractivity contribution is 6.88. The molecule has 0 bridgehead atoms. The molecule has 0 spiro atoms. The highest BCUT2D eigenvalue weighted by Gasteiger charge is 2.37. The first-order chi connectivity index (χ1) is 24.9. The van der Waals surface area contributed by atoms with Gasteiger partial charge in [-0.1, -0.05) is 127 Å². The molecule has 8 aromatic carbocycles. The number of fused-ring (bicyclic) bond motifs is 14. The molecule has 0 aliphatic carbocycles. The van der Waals surface area contributed by atoms with Crippen molar-refractivity contribution in [1.29, 1.82) is 0 Å². The number of hydrogen-bond acceptors (Lipinski definition) is 0. The Morgan fingerprint density at radius 2 is 1.00 bits per heavy atom. The average molecular weight is 634 g/mol. The second-order valence-corrected chi connectivity index (χ2v) is 13.7. The van der Waals surface area contributed by atoms with E-state index in [-0.39, 0.29) is 6.85 Å². The van der Waals surface area contributed by atoms with Crippen molar-refractivity contribution < 1.29 is 0 Å². The minimum Gasteiger partial charge on any atom is -0.375 e. The van der Waals surface area contributed by atoms with Crippen LogP contribution in [0.15, 0.2) is 170 Å². The summed E-state index contributed by atoms with van der Waals surface area (Å²) in [5.41, 5.74) is 12.6. The zero-order valence-corrected chi connectivity index (χ0v) is 27.1. The van der Waals surface area contributed by atoms with Gasteiger partial charge >= 0.3 is 6.85 Å². The molecule has 0 fully saturated rings. The first kappa shape index (κ1) is 26.4. The molecule has 230 valence electrons. The van der Waals surface area contributed by atoms with E-state index in [2.05, 4.69) is 183 Å². The van der Waals surface area contributed by atoms with Crippen molar-refractivity contribution in [2.24, 2.45) is 0 Å². The predicted octanol–water partition coefficient (Wildman–Crippen LogP) is 10.1. The molecule has 3 nitrogen and oxygen atoms in total. The van der Waals surface area contributed by atoms with Crippen LogP contribution in [0, 0.1) is 0 Å². The van der Waals surface area contributed by atoms with E-state index in [4.69, 9.17) is 0 Å². The lowest BCUT2D eigenvalue weighted by atomic mass is 9.48. The lowest BCUT2D eigenvalue weighted by Crippen LogP contribution is -2.53. The molecule has 1 aliphatic rings. The maximum Gasteiger partial charge on any atom is 0.332 e. The van der Waals surface area contributed by atoms with Gasteiger partial charge in [0.15, 0.2) is 0 Å². The minimum atomic E-state index is -0.0372. The molecule has 0 N–H and O–H groups in total. The quantitative estimate of drug-likeness (QED) is 0.168. The van der Waals surface area contributed by atoms with Gasteiger partial charge in [-0.25, -0.2) is 0 Å². The van der Waals surface area contributed by atoms with E-state index in [0.717, 1.165) is 0 Å². The van der Waals surface area contributed by atoms with Crippen LogP contribution in [0.5, 0.6) is 0 Å². The molecule has 11 aromatic rings. The van der Waals surface area contributed by atoms with Crippen LogP contribution in [-0.4, -0.2) is 20.5 Å². The number of rotatable bonds is 2. The van der Waals surface area contributed by atoms with Crippen LogP contribution in [0.3, 0.4) is 0 Å². The van der Waals surface area contributed by atoms with Gasteiger partial charge in [-0.15, -0.1) is 0 Å². The highest BCUT2D eigenvalue weighted by Crippen LogP contribution is 2.42. The van der Waals surface area contributed by atoms with Gasteiger partial charge in [-0.2, -0.15) is 0 Å². The summed E-state index contributed by atoms with van der Waals surface area (Å²) in [5, 5.41) is 10.3. The highest BCUT2D eigenvalue weighted by atomic mass is 15.0. The van der Waals surface area contributed by atoms with Crippen molar-refractivity contribution in [3.05, 3.63) is 170 Å². The molecule has 4 heteroatoms. The van der Waals surface area contributed by atoms with Crippen LogP contribution < -0.4 is 10.9 Å². The summed E-state index contributed by atoms with van der Waals surface area (Å²) in [7, 11) is 0. The topological polar surface area (TPSA) is 14.8 Å². The van der Waals surface area contributed by atoms with Crippen LogP contribution >= 0.6 is 0 Å². The standard InChI is InChI=1S/C46H28BN3/c1-2-14-30(15-3-1)48-38-22-9-7-18-34(38)44-42(48)28-26-33-32-17-6-10-23-39(32)50(46(33)44)47-36-20-8-11-24-40(36)49-41-27-25-29-13-4-5-16-31(29)43(41)35-19-12-21-37(47)45(35)49/h1-28H. The predicted molar refractivity (Wildman–Crippen MR) is 212 cm³/mol. The molecule has 0 saturated carbocycles. The fraction of sp³-hybridized carbons (Fsp3) is 0. The molecular weight excluding hydrogens is 605 g/mol. The molecule has 12 rings (SSSR count). The third-order valence-corrected chi connectivity index (χ3v) is 11.3. The summed E-state index contributed by atoms with van der Waals surface area (Å²) in [5.74, 6) is 0. The lowest BCUT2D eigenvalue weighted by molar-refractivity contribution is 1.18. The van der Waals surface area contributed by atoms with Crippen molar-refractivity contribution in [2.75, 3.05) is 0 Å². The average Bonchev–Trinajstić information content (AvgIpc) is 3.82. The molecular formula is C46H28BN3. The summed E-state index contributed by atoms with van der Waals surface area (Å²) in [6.45, 7) is -0.0372. The van der Waals surface area contributed by atoms with Gasteiger partial charge in [0.2, 0.25) is 0 Å². The Morgan fingerprint density at radius 1 is 0.340 bits per heavy atom. The van der Waals surface area contributed by atoms with E-state index in [1.165, 1.54) is 98.5 Å². The Morgan fingerprint density at radius 3 is 1.90 bits per heavy atom. The maximum absolute atomic E-state index is 2.67. The molecule has 50 heavy (non-hydrogen) atoms. The summed E-state index contributed by atoms with van der Waals surface area (Å²) < 4.78 is 7.63. The zero-order valence-electron chi connectivity index (χ0n) is 27.1. The molecule has 0 unspecified atom stereocenters. The Kier molecular flexibility index (Phi) is 5.05. The van der Waals surface area contributed by atoms with Gasteiger partial charge in [-0.05, 0) is 64.2 Å². The van der Waals surface area contributed by atoms with E-state index in [1.54, 1.807) is 0 Å². The van der Waals surface area contributed by atoms with E-state index in [9.17, 15) is 0 Å². The van der Waals surface area contributed by atoms with Crippen LogP contribution in [0.4, 0.5) is 0 Å². The lowest BCUT2D eigenvalue weighted by Gasteiger charge is -2.28. The SMILES string of the molecule is c1ccc(-n2c3ccccc3c3c4c(ccc32)c2ccccc2n4B2c3ccccc3-n3c4ccc5ccccc5c4c4cccc2c43)cc1. The number of aromatic nitrogens is 3. The number of nitrogens with zero attached hydrogens (tertiary/aromatic N) is 3. The van der Waals surface area contributed by atoms with Gasteiger partial charge in [0.05, 0.1) is 22.1 Å². The second-order valence-electron chi connectivity index (χ2n) is 13.7. The Bertz CT molecular complexity index is 3220. The Balaban J connectivity index is 1.30. The third kappa shape index (κ3) is 3.21. The van der Waals surface area contributed by atoms with E-state index >= 15 is 0 Å². The molecule has 0 amide bonds. The van der Waals surface area contributed by atoms with Crippen LogP contribution in [0.2, 0.25) is 0 Å². The van der Waals surface area contributed by atoms with Crippen molar-refractivity contribution in [3.8, 4) is 11.4 Å². The van der Waals surface area contributed by atoms with Crippen LogP contribution in [0.25, 0.3) is 87.6 Å². The van der Waals surface area contributed by atoms with Crippen LogP contribution in [-0.2, 0) is 0 Å². The van der Waals surface area contributed by atoms with Gasteiger partial charge in [0, 0.05) is 54.7 Å². The number of benzene rings is 8. The zero-order chi connectivity index (χ0) is 32.5. The first-order valence-corrected chi connectivity index (χ1v) is 17.4. The molecule has 0 radical (unpaired) electrons. The Hall–Kier alpha value is -6.52. The summed E-state index contributed by atoms with van der Waals surface area (Å²) in [6, 6.07) is 62.8. The van der Waals surface area contributed by atoms with Crippen LogP contribution in [0.1, 0.15) is 0 Å². The fourth-order valence-electron chi connectivity index (χ4n) is 9.37. The van der Waals surface area contributed by atoms with Gasteiger partial charge in [-0.3, -0.25) is 0 Å². The molecule has 3 aromatic heterocycles. The van der Waals surface area contributed by atoms with Gasteiger partial charge in [0.1, 0.15) is 0 Å². The summed E-state index contributed by atoms with van der Waals surface area (Å²) in [4.78, 5) is 0. The minimum absolute atomic E-state index is 0.0372. The molecule has 4 heterocycles. The second kappa shape index (κ2) is 9.55. The van der Waals surface area contributed by atoms with Crippen molar-refractivity contribution in [2.45, 2.75) is 0 Å². The maximum atomic E-state index is 2.67. The van der Waals surface area contributed by atoms with Crippen molar-refractivity contribution in [1.82, 2.24) is 13.6 Å². The van der Waals surface area contributed by atoms with Crippen molar-refractivity contribution in [3.63, 3.8) is 0 Å². The first-order valence-electron chi connectivity index (χ1n) is 17.4. The van der Waals surface area contributed by atoms with E-state index in [1.807, 2.05) is 0 Å². The molecule has 0 atom stereocenters. The molecule has 0 saturated heterocycles. The summed E-state index contributed by atoms with van der Waals surface area (Å²) in [6.07, 6.45) is 0. The Labute approximate surface area is 287 Å². The van der Waals surface area contributed by atoms with Gasteiger partial charge < -0.3 is 13.6 Å². The normalized spacial score (nSPS) is 12.8. The van der Waals surface area contributed by atoms with Crippen molar-refractivity contribution >= 4 is 94.0 Å².